The monoisotopic (exact) mass is 754 g/mol. The summed E-state index contributed by atoms with van der Waals surface area (Å²) in [5, 5.41) is 64.4. The van der Waals surface area contributed by atoms with Gasteiger partial charge in [0.1, 0.15) is 24.4 Å². The summed E-state index contributed by atoms with van der Waals surface area (Å²) in [7, 11) is 0. The van der Waals surface area contributed by atoms with Gasteiger partial charge in [0.2, 0.25) is 0 Å². The third-order valence-corrected chi connectivity index (χ3v) is 10.2. The van der Waals surface area contributed by atoms with Crippen molar-refractivity contribution in [1.29, 1.82) is 0 Å². The highest BCUT2D eigenvalue weighted by atomic mass is 16.7. The number of amides is 1. The van der Waals surface area contributed by atoms with E-state index in [-0.39, 0.29) is 6.61 Å². The molecule has 7 N–H and O–H groups in total. The molecule has 10 nitrogen and oxygen atoms in total. The Labute approximate surface area is 322 Å². The number of nitrogens with one attached hydrogen (secondary N) is 1. The van der Waals surface area contributed by atoms with E-state index < -0.39 is 61.5 Å². The molecule has 0 aromatic rings. The van der Waals surface area contributed by atoms with Gasteiger partial charge in [0.05, 0.1) is 25.4 Å². The Hall–Kier alpha value is -1.63. The lowest BCUT2D eigenvalue weighted by Gasteiger charge is -2.40. The average Bonchev–Trinajstić information content (AvgIpc) is 3.15. The third kappa shape index (κ3) is 23.8. The van der Waals surface area contributed by atoms with Crippen LogP contribution in [-0.4, -0.2) is 98.7 Å². The van der Waals surface area contributed by atoms with Crippen LogP contribution in [0.4, 0.5) is 0 Å². The summed E-state index contributed by atoms with van der Waals surface area (Å²) in [6, 6.07) is -1.03. The summed E-state index contributed by atoms with van der Waals surface area (Å²) in [6.45, 7) is 5.62. The molecule has 1 heterocycles. The molecule has 310 valence electrons. The van der Waals surface area contributed by atoms with E-state index in [1.165, 1.54) is 121 Å². The molecule has 0 bridgehead atoms. The molecule has 0 aromatic heterocycles. The van der Waals surface area contributed by atoms with Gasteiger partial charge in [0.25, 0.3) is 5.91 Å². The van der Waals surface area contributed by atoms with E-state index in [4.69, 9.17) is 9.47 Å². The van der Waals surface area contributed by atoms with Crippen molar-refractivity contribution >= 4 is 5.91 Å². The molecule has 1 aliphatic rings. The molecule has 8 atom stereocenters. The first kappa shape index (κ1) is 49.4. The van der Waals surface area contributed by atoms with Gasteiger partial charge in [-0.3, -0.25) is 4.79 Å². The second-order valence-electron chi connectivity index (χ2n) is 15.1. The van der Waals surface area contributed by atoms with E-state index in [1.807, 2.05) is 0 Å². The van der Waals surface area contributed by atoms with E-state index in [2.05, 4.69) is 32.2 Å². The van der Waals surface area contributed by atoms with Crippen LogP contribution >= 0.6 is 0 Å². The van der Waals surface area contributed by atoms with E-state index in [9.17, 15) is 35.4 Å². The Bertz CT molecular complexity index is 971. The summed E-state index contributed by atoms with van der Waals surface area (Å²) in [6.07, 6.45) is 26.4. The number of unbranched alkanes of at least 4 members (excludes halogenated alkanes) is 19. The molecule has 0 aliphatic carbocycles. The van der Waals surface area contributed by atoms with Crippen molar-refractivity contribution in [3.05, 3.63) is 36.0 Å². The van der Waals surface area contributed by atoms with Gasteiger partial charge in [-0.1, -0.05) is 165 Å². The van der Waals surface area contributed by atoms with Gasteiger partial charge in [0.15, 0.2) is 12.4 Å². The average molecular weight is 754 g/mol. The van der Waals surface area contributed by atoms with Crippen LogP contribution in [-0.2, 0) is 14.3 Å². The summed E-state index contributed by atoms with van der Waals surface area (Å²) < 4.78 is 11.1. The predicted octanol–water partition coefficient (Wildman–Crippen LogP) is 7.08. The molecule has 53 heavy (non-hydrogen) atoms. The van der Waals surface area contributed by atoms with Crippen LogP contribution in [0, 0.1) is 0 Å². The number of allylic oxidation sites excluding steroid dienone is 4. The lowest BCUT2D eigenvalue weighted by Crippen LogP contribution is -2.60. The minimum Gasteiger partial charge on any atom is -0.394 e. The van der Waals surface area contributed by atoms with Gasteiger partial charge >= 0.3 is 0 Å². The zero-order valence-corrected chi connectivity index (χ0v) is 33.6. The molecule has 1 amide bonds. The number of carbonyl (C=O) groups excluding carboxylic acids is 1. The highest BCUT2D eigenvalue weighted by Gasteiger charge is 2.44. The van der Waals surface area contributed by atoms with Crippen molar-refractivity contribution < 1.29 is 44.9 Å². The Morgan fingerprint density at radius 2 is 1.25 bits per heavy atom. The predicted molar refractivity (Wildman–Crippen MR) is 213 cm³/mol. The number of ether oxygens (including phenoxy) is 2. The van der Waals surface area contributed by atoms with Gasteiger partial charge in [-0.2, -0.15) is 0 Å². The van der Waals surface area contributed by atoms with Crippen molar-refractivity contribution in [3.8, 4) is 0 Å². The molecule has 1 aliphatic heterocycles. The van der Waals surface area contributed by atoms with Crippen LogP contribution < -0.4 is 5.32 Å². The molecule has 0 saturated carbocycles. The molecular formula is C43H79NO9. The minimum atomic E-state index is -1.63. The third-order valence-electron chi connectivity index (χ3n) is 10.2. The molecule has 0 spiro atoms. The summed E-state index contributed by atoms with van der Waals surface area (Å²) in [5.74, 6) is -0.716. The second-order valence-corrected chi connectivity index (χ2v) is 15.1. The van der Waals surface area contributed by atoms with Crippen LogP contribution in [0.1, 0.15) is 168 Å². The van der Waals surface area contributed by atoms with Gasteiger partial charge < -0.3 is 45.4 Å². The van der Waals surface area contributed by atoms with Crippen molar-refractivity contribution in [2.24, 2.45) is 0 Å². The molecule has 0 unspecified atom stereocenters. The lowest BCUT2D eigenvalue weighted by molar-refractivity contribution is -0.302. The smallest absolute Gasteiger partial charge is 0.253 e. The lowest BCUT2D eigenvalue weighted by atomic mass is 9.99. The topological polar surface area (TPSA) is 169 Å². The molecule has 10 heteroatoms. The molecule has 1 fully saturated rings. The Kier molecular flexibility index (Phi) is 30.4. The Morgan fingerprint density at radius 3 is 1.79 bits per heavy atom. The van der Waals surface area contributed by atoms with Gasteiger partial charge in [0, 0.05) is 0 Å². The highest BCUT2D eigenvalue weighted by molar-refractivity contribution is 5.82. The normalized spacial score (nSPS) is 22.8. The molecule has 0 radical (unpaired) electrons. The van der Waals surface area contributed by atoms with E-state index >= 15 is 0 Å². The van der Waals surface area contributed by atoms with Crippen LogP contribution in [0.3, 0.4) is 0 Å². The van der Waals surface area contributed by atoms with Crippen molar-refractivity contribution in [3.63, 3.8) is 0 Å². The maximum absolute atomic E-state index is 13.0. The maximum atomic E-state index is 13.0. The number of aliphatic hydroxyl groups excluding tert-OH is 6. The van der Waals surface area contributed by atoms with Crippen molar-refractivity contribution in [2.75, 3.05) is 13.2 Å². The first-order chi connectivity index (χ1) is 25.7. The Balaban J connectivity index is 2.58. The first-order valence-electron chi connectivity index (χ1n) is 21.2. The fraction of sp³-hybridized carbons (Fsp3) is 0.837. The summed E-state index contributed by atoms with van der Waals surface area (Å²) in [4.78, 5) is 13.0. The summed E-state index contributed by atoms with van der Waals surface area (Å²) >= 11 is 0. The number of carbonyl (C=O) groups is 1. The van der Waals surface area contributed by atoms with Crippen LogP contribution in [0.15, 0.2) is 36.0 Å². The fourth-order valence-electron chi connectivity index (χ4n) is 6.57. The SMILES string of the molecule is CCCCCCCCCCCCCCC/C=C/[C@@H](O)C(=O)N[C@@H](CO[C@@H]1O[C@H](CO)[C@@H](O)[C@H](O)[C@H]1O)[C@H](O)/C=C/C/C=C(\C)CCCCCCCCC. The molecule has 1 rings (SSSR count). The van der Waals surface area contributed by atoms with Crippen molar-refractivity contribution in [2.45, 2.75) is 217 Å². The van der Waals surface area contributed by atoms with Gasteiger partial charge in [-0.05, 0) is 39.0 Å². The van der Waals surface area contributed by atoms with Crippen molar-refractivity contribution in [1.82, 2.24) is 5.32 Å². The first-order valence-corrected chi connectivity index (χ1v) is 21.2. The van der Waals surface area contributed by atoms with Crippen LogP contribution in [0.2, 0.25) is 0 Å². The zero-order chi connectivity index (χ0) is 39.1. The fourth-order valence-corrected chi connectivity index (χ4v) is 6.57. The standard InChI is InChI=1S/C43H79NO9/c1-4-6-8-10-12-13-14-15-16-17-18-19-21-23-25-31-37(47)42(51)44-35(33-52-43-41(50)40(49)39(48)38(32-45)53-43)36(46)30-27-26-29-34(3)28-24-22-20-11-9-7-5-2/h25,27,29-31,35-41,43,45-50H,4-24,26,28,32-33H2,1-3H3,(H,44,51)/b30-27+,31-25+,34-29+/t35-,36+,37+,38+,39+,40-,41+,43+/m0/s1. The maximum Gasteiger partial charge on any atom is 0.253 e. The molecular weight excluding hydrogens is 674 g/mol. The quantitative estimate of drug-likeness (QED) is 0.0274. The molecule has 0 aromatic carbocycles. The largest absolute Gasteiger partial charge is 0.394 e. The van der Waals surface area contributed by atoms with E-state index in [0.29, 0.717) is 6.42 Å². The number of hydrogen-bond donors (Lipinski definition) is 7. The number of aliphatic hydroxyl groups is 6. The Morgan fingerprint density at radius 1 is 0.717 bits per heavy atom. The second kappa shape index (κ2) is 32.6. The number of rotatable bonds is 33. The van der Waals surface area contributed by atoms with Crippen LogP contribution in [0.25, 0.3) is 0 Å². The van der Waals surface area contributed by atoms with Crippen LogP contribution in [0.5, 0.6) is 0 Å². The molecule has 1 saturated heterocycles. The minimum absolute atomic E-state index is 0.345. The number of hydrogen-bond acceptors (Lipinski definition) is 9. The highest BCUT2D eigenvalue weighted by Crippen LogP contribution is 2.22. The summed E-state index contributed by atoms with van der Waals surface area (Å²) in [5.41, 5.74) is 1.28. The zero-order valence-electron chi connectivity index (χ0n) is 33.6. The van der Waals surface area contributed by atoms with E-state index in [0.717, 1.165) is 32.1 Å². The van der Waals surface area contributed by atoms with Gasteiger partial charge in [-0.15, -0.1) is 0 Å². The van der Waals surface area contributed by atoms with Gasteiger partial charge in [-0.25, -0.2) is 0 Å². The van der Waals surface area contributed by atoms with E-state index in [1.54, 1.807) is 18.2 Å².